The van der Waals surface area contributed by atoms with E-state index < -0.39 is 6.10 Å². The van der Waals surface area contributed by atoms with Gasteiger partial charge in [-0.1, -0.05) is 30.3 Å². The Bertz CT molecular complexity index is 478. The molecule has 0 spiro atoms. The van der Waals surface area contributed by atoms with E-state index in [0.717, 1.165) is 31.5 Å². The van der Waals surface area contributed by atoms with Crippen molar-refractivity contribution >= 4 is 5.91 Å². The zero-order chi connectivity index (χ0) is 16.7. The summed E-state index contributed by atoms with van der Waals surface area (Å²) in [5, 5.41) is 10.2. The number of hydrogen-bond acceptors (Lipinski definition) is 4. The number of carbonyl (C=O) groups excluding carboxylic acids is 1. The van der Waals surface area contributed by atoms with E-state index in [1.807, 2.05) is 30.3 Å². The molecule has 1 N–H and O–H groups in total. The van der Waals surface area contributed by atoms with E-state index in [1.165, 1.54) is 0 Å². The minimum Gasteiger partial charge on any atom is -0.389 e. The minimum atomic E-state index is -0.521. The summed E-state index contributed by atoms with van der Waals surface area (Å²) in [5.74, 6) is 0.237. The van der Waals surface area contributed by atoms with Crippen LogP contribution in [0.25, 0.3) is 0 Å². The number of aliphatic hydroxyl groups is 1. The van der Waals surface area contributed by atoms with Crippen LogP contribution in [0.4, 0.5) is 0 Å². The predicted octanol–water partition coefficient (Wildman–Crippen LogP) is 1.36. The van der Waals surface area contributed by atoms with Gasteiger partial charge in [0.2, 0.25) is 5.91 Å². The van der Waals surface area contributed by atoms with E-state index in [1.54, 1.807) is 19.0 Å². The van der Waals surface area contributed by atoms with Gasteiger partial charge in [-0.15, -0.1) is 0 Å². The van der Waals surface area contributed by atoms with Crippen LogP contribution in [-0.4, -0.2) is 67.3 Å². The number of aliphatic hydroxyl groups excluding tert-OH is 1. The SMILES string of the molecule is CN(C)C(=O)C1CCCN(CC(O)COCc2ccccc2)C1. The van der Waals surface area contributed by atoms with E-state index in [4.69, 9.17) is 4.74 Å². The summed E-state index contributed by atoms with van der Waals surface area (Å²) in [6.45, 7) is 3.06. The van der Waals surface area contributed by atoms with E-state index in [9.17, 15) is 9.90 Å². The smallest absolute Gasteiger partial charge is 0.226 e. The van der Waals surface area contributed by atoms with E-state index >= 15 is 0 Å². The number of likely N-dealkylation sites (tertiary alicyclic amines) is 1. The van der Waals surface area contributed by atoms with Crippen molar-refractivity contribution in [3.8, 4) is 0 Å². The Balaban J connectivity index is 1.70. The molecule has 23 heavy (non-hydrogen) atoms. The minimum absolute atomic E-state index is 0.0520. The summed E-state index contributed by atoms with van der Waals surface area (Å²) in [6, 6.07) is 9.94. The molecule has 1 aromatic rings. The largest absolute Gasteiger partial charge is 0.389 e. The van der Waals surface area contributed by atoms with Gasteiger partial charge < -0.3 is 14.7 Å². The number of β-amino-alcohol motifs (C(OH)–C–C–N with tert-alkyl or cyclic N) is 1. The van der Waals surface area contributed by atoms with E-state index in [0.29, 0.717) is 19.8 Å². The molecule has 1 heterocycles. The van der Waals surface area contributed by atoms with Crippen LogP contribution in [-0.2, 0) is 16.1 Å². The monoisotopic (exact) mass is 320 g/mol. The Morgan fingerprint density at radius 3 is 2.83 bits per heavy atom. The third kappa shape index (κ3) is 5.94. The van der Waals surface area contributed by atoms with Gasteiger partial charge in [-0.2, -0.15) is 0 Å². The molecule has 1 aromatic carbocycles. The van der Waals surface area contributed by atoms with Crippen LogP contribution in [0.1, 0.15) is 18.4 Å². The Morgan fingerprint density at radius 2 is 2.13 bits per heavy atom. The average molecular weight is 320 g/mol. The van der Waals surface area contributed by atoms with Gasteiger partial charge in [-0.05, 0) is 24.9 Å². The van der Waals surface area contributed by atoms with Gasteiger partial charge in [0, 0.05) is 27.2 Å². The second-order valence-corrected chi connectivity index (χ2v) is 6.49. The van der Waals surface area contributed by atoms with Crippen LogP contribution in [0, 0.1) is 5.92 Å². The van der Waals surface area contributed by atoms with Crippen molar-refractivity contribution in [3.05, 3.63) is 35.9 Å². The molecule has 0 aliphatic carbocycles. The first-order chi connectivity index (χ1) is 11.1. The lowest BCUT2D eigenvalue weighted by molar-refractivity contribution is -0.135. The van der Waals surface area contributed by atoms with E-state index in [2.05, 4.69) is 4.90 Å². The Labute approximate surface area is 138 Å². The topological polar surface area (TPSA) is 53.0 Å². The van der Waals surface area contributed by atoms with Gasteiger partial charge in [-0.3, -0.25) is 9.69 Å². The highest BCUT2D eigenvalue weighted by molar-refractivity contribution is 5.78. The molecule has 0 saturated carbocycles. The molecule has 1 aliphatic rings. The number of benzene rings is 1. The van der Waals surface area contributed by atoms with Gasteiger partial charge in [0.1, 0.15) is 0 Å². The number of hydrogen-bond donors (Lipinski definition) is 1. The zero-order valence-corrected chi connectivity index (χ0v) is 14.1. The van der Waals surface area contributed by atoms with Crippen LogP contribution in [0.3, 0.4) is 0 Å². The molecular weight excluding hydrogens is 292 g/mol. The fraction of sp³-hybridized carbons (Fsp3) is 0.611. The van der Waals surface area contributed by atoms with Crippen molar-refractivity contribution in [1.29, 1.82) is 0 Å². The second kappa shape index (κ2) is 9.01. The van der Waals surface area contributed by atoms with Crippen molar-refractivity contribution in [2.45, 2.75) is 25.6 Å². The summed E-state index contributed by atoms with van der Waals surface area (Å²) in [5.41, 5.74) is 1.11. The molecule has 2 atom stereocenters. The molecule has 1 amide bonds. The highest BCUT2D eigenvalue weighted by Gasteiger charge is 2.27. The molecule has 5 heteroatoms. The molecule has 1 saturated heterocycles. The second-order valence-electron chi connectivity index (χ2n) is 6.49. The maximum absolute atomic E-state index is 12.1. The quantitative estimate of drug-likeness (QED) is 0.824. The Morgan fingerprint density at radius 1 is 1.39 bits per heavy atom. The maximum Gasteiger partial charge on any atom is 0.226 e. The van der Waals surface area contributed by atoms with Crippen LogP contribution in [0.15, 0.2) is 30.3 Å². The van der Waals surface area contributed by atoms with Gasteiger partial charge in [0.05, 0.1) is 25.2 Å². The fourth-order valence-electron chi connectivity index (χ4n) is 3.03. The first-order valence-electron chi connectivity index (χ1n) is 8.29. The fourth-order valence-corrected chi connectivity index (χ4v) is 3.03. The van der Waals surface area contributed by atoms with Crippen molar-refractivity contribution in [3.63, 3.8) is 0 Å². The maximum atomic E-state index is 12.1. The predicted molar refractivity (Wildman–Crippen MR) is 90.0 cm³/mol. The third-order valence-corrected chi connectivity index (χ3v) is 4.19. The number of amides is 1. The summed E-state index contributed by atoms with van der Waals surface area (Å²) in [6.07, 6.45) is 1.42. The zero-order valence-electron chi connectivity index (χ0n) is 14.1. The normalized spacial score (nSPS) is 20.2. The molecule has 2 rings (SSSR count). The summed E-state index contributed by atoms with van der Waals surface area (Å²) in [7, 11) is 3.60. The van der Waals surface area contributed by atoms with Crippen LogP contribution >= 0.6 is 0 Å². The van der Waals surface area contributed by atoms with Gasteiger partial charge >= 0.3 is 0 Å². The van der Waals surface area contributed by atoms with E-state index in [-0.39, 0.29) is 11.8 Å². The van der Waals surface area contributed by atoms with Crippen LogP contribution in [0.5, 0.6) is 0 Å². The van der Waals surface area contributed by atoms with Crippen LogP contribution < -0.4 is 0 Å². The summed E-state index contributed by atoms with van der Waals surface area (Å²) >= 11 is 0. The number of ether oxygens (including phenoxy) is 1. The molecule has 128 valence electrons. The molecule has 2 unspecified atom stereocenters. The molecular formula is C18H28N2O3. The number of rotatable bonds is 7. The molecule has 1 fully saturated rings. The highest BCUT2D eigenvalue weighted by Crippen LogP contribution is 2.18. The first kappa shape index (κ1) is 17.9. The first-order valence-corrected chi connectivity index (χ1v) is 8.29. The summed E-state index contributed by atoms with van der Waals surface area (Å²) < 4.78 is 5.58. The van der Waals surface area contributed by atoms with Gasteiger partial charge in [0.25, 0.3) is 0 Å². The lowest BCUT2D eigenvalue weighted by atomic mass is 9.96. The number of nitrogens with zero attached hydrogens (tertiary/aromatic N) is 2. The average Bonchev–Trinajstić information content (AvgIpc) is 2.55. The molecule has 5 nitrogen and oxygen atoms in total. The standard InChI is InChI=1S/C18H28N2O3/c1-19(2)18(22)16-9-6-10-20(11-16)12-17(21)14-23-13-15-7-4-3-5-8-15/h3-5,7-8,16-17,21H,6,9-14H2,1-2H3. The molecule has 0 bridgehead atoms. The van der Waals surface area contributed by atoms with Crippen molar-refractivity contribution < 1.29 is 14.6 Å². The van der Waals surface area contributed by atoms with Gasteiger partial charge in [-0.25, -0.2) is 0 Å². The van der Waals surface area contributed by atoms with Crippen molar-refractivity contribution in [2.75, 3.05) is 40.3 Å². The molecule has 1 aliphatic heterocycles. The van der Waals surface area contributed by atoms with Gasteiger partial charge in [0.15, 0.2) is 0 Å². The Hall–Kier alpha value is -1.43. The molecule has 0 radical (unpaired) electrons. The number of piperidine rings is 1. The van der Waals surface area contributed by atoms with Crippen molar-refractivity contribution in [2.24, 2.45) is 5.92 Å². The van der Waals surface area contributed by atoms with Crippen LogP contribution in [0.2, 0.25) is 0 Å². The van der Waals surface area contributed by atoms with Crippen molar-refractivity contribution in [1.82, 2.24) is 9.80 Å². The number of carbonyl (C=O) groups is 1. The highest BCUT2D eigenvalue weighted by atomic mass is 16.5. The summed E-state index contributed by atoms with van der Waals surface area (Å²) in [4.78, 5) is 15.9. The lowest BCUT2D eigenvalue weighted by Gasteiger charge is -2.34. The lowest BCUT2D eigenvalue weighted by Crippen LogP contribution is -2.45. The third-order valence-electron chi connectivity index (χ3n) is 4.19. The Kier molecular flexibility index (Phi) is 7.02. The molecule has 0 aromatic heterocycles.